The van der Waals surface area contributed by atoms with E-state index >= 15 is 0 Å². The lowest BCUT2D eigenvalue weighted by Crippen LogP contribution is -2.25. The Hall–Kier alpha value is -7.19. The maximum Gasteiger partial charge on any atom is 0.530 e. The molecule has 118 heavy (non-hydrogen) atoms. The van der Waals surface area contributed by atoms with Crippen LogP contribution < -0.4 is 13.6 Å². The highest BCUT2D eigenvalue weighted by Crippen LogP contribution is 2.62. The van der Waals surface area contributed by atoms with Crippen LogP contribution in [0.25, 0.3) is 66.8 Å². The number of hydrogen-bond acceptors (Lipinski definition) is 3. The van der Waals surface area contributed by atoms with Crippen molar-refractivity contribution in [1.29, 1.82) is 0 Å². The van der Waals surface area contributed by atoms with Gasteiger partial charge >= 0.3 is 8.60 Å². The van der Waals surface area contributed by atoms with Crippen LogP contribution in [0.15, 0.2) is 146 Å². The summed E-state index contributed by atoms with van der Waals surface area (Å²) in [6.45, 7) is 108. The average Bonchev–Trinajstić information content (AvgIpc) is 0.739. The molecular formula is C114H159O3P. The second-order valence-corrected chi connectivity index (χ2v) is 51.2. The standard InChI is InChI=1S/C114H159O3P/c1-100(2,3)76-64-67-85(91(73-55-49-61-82(106(19,20)21)97(73)112(37,38)39)88(76)70-52-46-58-79(103(10,11)12)94(70)109(28,29)30)115-118(116-86-68-65-77(101(4,5)6)89(71-53-47-59-80(104(13,14)15)95(71)110(31,32)33)92(86)74-56-50-62-83(107(22,23)24)98(74)113(40,41)42)117-87-69-66-78(102(7,8)9)90(72-54-48-60-81(105(16,17)18)96(72)111(34,35)36)93(87)75-57-51-63-84(108(25,26)27)99(75)114(43,44)45/h46-69H,1-45H3. The van der Waals surface area contributed by atoms with Crippen LogP contribution >= 0.6 is 8.60 Å². The van der Waals surface area contributed by atoms with E-state index in [1.54, 1.807) is 0 Å². The molecule has 9 aromatic rings. The summed E-state index contributed by atoms with van der Waals surface area (Å²) in [6.07, 6.45) is 0. The van der Waals surface area contributed by atoms with Gasteiger partial charge in [-0.05, 0) is 233 Å². The summed E-state index contributed by atoms with van der Waals surface area (Å²) in [6, 6.07) is 56.7. The molecule has 9 aromatic carbocycles. The van der Waals surface area contributed by atoms with Crippen molar-refractivity contribution in [3.8, 4) is 84.0 Å². The molecule has 4 heteroatoms. The fraction of sp³-hybridized carbons (Fsp3) is 0.526. The van der Waals surface area contributed by atoms with E-state index in [1.807, 2.05) is 0 Å². The Balaban J connectivity index is 1.67. The molecule has 0 saturated carbocycles. The summed E-state index contributed by atoms with van der Waals surface area (Å²) in [4.78, 5) is 0. The SMILES string of the molecule is CC(C)(C)c1ccc(OP(Oc2ccc(C(C)(C)C)c(-c3cccc(C(C)(C)C)c3C(C)(C)C)c2-c2cccc(C(C)(C)C)c2C(C)(C)C)Oc2ccc(C(C)(C)C)c(-c3cccc(C(C)(C)C)c3C(C)(C)C)c2-c2cccc(C(C)(C)C)c2C(C)(C)C)c(-c2cccc(C(C)(C)C)c2C(C)(C)C)c1-c1cccc(C(C)(C)C)c1C(C)(C)C. The van der Waals surface area contributed by atoms with Crippen LogP contribution in [0.2, 0.25) is 0 Å². The van der Waals surface area contributed by atoms with Gasteiger partial charge in [-0.15, -0.1) is 0 Å². The number of hydrogen-bond donors (Lipinski definition) is 0. The zero-order valence-corrected chi connectivity index (χ0v) is 83.9. The van der Waals surface area contributed by atoms with Crippen LogP contribution in [0.4, 0.5) is 0 Å². The van der Waals surface area contributed by atoms with E-state index in [1.165, 1.54) is 100 Å². The largest absolute Gasteiger partial charge is 0.530 e. The van der Waals surface area contributed by atoms with Gasteiger partial charge in [-0.25, -0.2) is 0 Å². The Labute approximate surface area is 723 Å². The van der Waals surface area contributed by atoms with E-state index in [0.29, 0.717) is 17.2 Å². The Morgan fingerprint density at radius 2 is 0.280 bits per heavy atom. The minimum atomic E-state index is -2.64. The Kier molecular flexibility index (Phi) is 25.4. The normalized spacial score (nSPS) is 13.9. The summed E-state index contributed by atoms with van der Waals surface area (Å²) in [5, 5.41) is 0. The second kappa shape index (κ2) is 31.6. The number of rotatable bonds is 12. The molecule has 0 heterocycles. The van der Waals surface area contributed by atoms with E-state index in [9.17, 15) is 0 Å². The Bertz CT molecular complexity index is 4680. The molecule has 0 N–H and O–H groups in total. The van der Waals surface area contributed by atoms with E-state index in [2.05, 4.69) is 457 Å². The molecule has 0 aliphatic carbocycles. The second-order valence-electron chi connectivity index (χ2n) is 50.2. The average molecular weight is 1610 g/mol. The minimum absolute atomic E-state index is 0.201. The first-order valence-electron chi connectivity index (χ1n) is 44.4. The van der Waals surface area contributed by atoms with Gasteiger partial charge in [0, 0.05) is 16.7 Å². The minimum Gasteiger partial charge on any atom is -0.408 e. The van der Waals surface area contributed by atoms with Crippen LogP contribution in [0, 0.1) is 0 Å². The van der Waals surface area contributed by atoms with Crippen LogP contribution in [-0.2, 0) is 81.2 Å². The van der Waals surface area contributed by atoms with E-state index in [4.69, 9.17) is 13.6 Å². The predicted molar refractivity (Wildman–Crippen MR) is 521 cm³/mol. The van der Waals surface area contributed by atoms with Gasteiger partial charge in [0.05, 0.1) is 0 Å². The van der Waals surface area contributed by atoms with Crippen LogP contribution in [0.3, 0.4) is 0 Å². The molecule has 0 atom stereocenters. The van der Waals surface area contributed by atoms with Crippen LogP contribution in [0.5, 0.6) is 17.2 Å². The third-order valence-corrected chi connectivity index (χ3v) is 24.8. The van der Waals surface area contributed by atoms with Gasteiger partial charge in [-0.1, -0.05) is 439 Å². The van der Waals surface area contributed by atoms with Crippen molar-refractivity contribution in [3.05, 3.63) is 229 Å². The van der Waals surface area contributed by atoms with Crippen LogP contribution in [0.1, 0.15) is 395 Å². The molecule has 3 nitrogen and oxygen atoms in total. The highest BCUT2D eigenvalue weighted by Gasteiger charge is 2.43. The van der Waals surface area contributed by atoms with Gasteiger partial charge in [0.15, 0.2) is 0 Å². The van der Waals surface area contributed by atoms with Gasteiger partial charge < -0.3 is 13.6 Å². The monoisotopic (exact) mass is 1610 g/mol. The zero-order valence-electron chi connectivity index (χ0n) is 83.0. The Morgan fingerprint density at radius 1 is 0.144 bits per heavy atom. The molecule has 638 valence electrons. The molecule has 0 spiro atoms. The molecule has 9 rings (SSSR count). The lowest BCUT2D eigenvalue weighted by Gasteiger charge is -2.38. The summed E-state index contributed by atoms with van der Waals surface area (Å²) >= 11 is 0. The van der Waals surface area contributed by atoms with Crippen molar-refractivity contribution < 1.29 is 13.6 Å². The molecule has 0 unspecified atom stereocenters. The maximum absolute atomic E-state index is 8.68. The Morgan fingerprint density at radius 3 is 0.407 bits per heavy atom. The first kappa shape index (κ1) is 94.7. The maximum atomic E-state index is 8.68. The number of benzene rings is 9. The summed E-state index contributed by atoms with van der Waals surface area (Å²) in [5.41, 5.74) is 28.6. The highest BCUT2D eigenvalue weighted by molar-refractivity contribution is 7.43. The quantitative estimate of drug-likeness (QED) is 0.114. The topological polar surface area (TPSA) is 27.7 Å². The van der Waals surface area contributed by atoms with Gasteiger partial charge in [0.2, 0.25) is 0 Å². The van der Waals surface area contributed by atoms with E-state index in [0.717, 1.165) is 50.1 Å². The molecule has 0 saturated heterocycles. The lowest BCUT2D eigenvalue weighted by molar-refractivity contribution is 0.389. The zero-order chi connectivity index (χ0) is 89.5. The van der Waals surface area contributed by atoms with Gasteiger partial charge in [0.1, 0.15) is 17.2 Å². The van der Waals surface area contributed by atoms with E-state index < -0.39 is 8.60 Å². The first-order chi connectivity index (χ1) is 53.1. The van der Waals surface area contributed by atoms with Gasteiger partial charge in [-0.3, -0.25) is 0 Å². The smallest absolute Gasteiger partial charge is 0.408 e. The van der Waals surface area contributed by atoms with Crippen molar-refractivity contribution >= 4 is 8.60 Å². The third-order valence-electron chi connectivity index (χ3n) is 23.8. The molecule has 0 aliphatic heterocycles. The molecule has 0 aromatic heterocycles. The van der Waals surface area contributed by atoms with Gasteiger partial charge in [-0.2, -0.15) is 0 Å². The molecular weight excluding hydrogens is 1450 g/mol. The van der Waals surface area contributed by atoms with Gasteiger partial charge in [0.25, 0.3) is 0 Å². The van der Waals surface area contributed by atoms with Crippen LogP contribution in [-0.4, -0.2) is 0 Å². The molecule has 0 fully saturated rings. The van der Waals surface area contributed by atoms with Crippen molar-refractivity contribution in [2.75, 3.05) is 0 Å². The van der Waals surface area contributed by atoms with E-state index in [-0.39, 0.29) is 81.2 Å². The first-order valence-corrected chi connectivity index (χ1v) is 45.5. The molecule has 0 aliphatic rings. The fourth-order valence-corrected chi connectivity index (χ4v) is 20.0. The molecule has 0 bridgehead atoms. The third kappa shape index (κ3) is 19.6. The predicted octanol–water partition coefficient (Wildman–Crippen LogP) is 34.9. The van der Waals surface area contributed by atoms with Crippen molar-refractivity contribution in [3.63, 3.8) is 0 Å². The van der Waals surface area contributed by atoms with Crippen molar-refractivity contribution in [2.24, 2.45) is 0 Å². The van der Waals surface area contributed by atoms with Crippen molar-refractivity contribution in [2.45, 2.75) is 393 Å². The molecule has 0 amide bonds. The van der Waals surface area contributed by atoms with Crippen molar-refractivity contribution in [1.82, 2.24) is 0 Å². The summed E-state index contributed by atoms with van der Waals surface area (Å²) in [5.74, 6) is 2.05. The fourth-order valence-electron chi connectivity index (χ4n) is 19.0. The lowest BCUT2D eigenvalue weighted by atomic mass is 9.68. The summed E-state index contributed by atoms with van der Waals surface area (Å²) < 4.78 is 26.0. The summed E-state index contributed by atoms with van der Waals surface area (Å²) in [7, 11) is -2.64. The molecule has 0 radical (unpaired) electrons. The highest BCUT2D eigenvalue weighted by atomic mass is 31.2.